The van der Waals surface area contributed by atoms with Crippen LogP contribution in [0.5, 0.6) is 11.5 Å². The fraction of sp³-hybridized carbons (Fsp3) is 0.222. The van der Waals surface area contributed by atoms with Crippen molar-refractivity contribution in [2.75, 3.05) is 11.9 Å². The second-order valence-electron chi connectivity index (χ2n) is 5.56. The van der Waals surface area contributed by atoms with Crippen LogP contribution in [0.2, 0.25) is 0 Å². The highest BCUT2D eigenvalue weighted by atomic mass is 32.1. The number of rotatable bonds is 4. The maximum Gasteiger partial charge on any atom is 0.264 e. The summed E-state index contributed by atoms with van der Waals surface area (Å²) < 4.78 is 5.38. The molecule has 0 radical (unpaired) electrons. The van der Waals surface area contributed by atoms with Crippen molar-refractivity contribution in [1.29, 1.82) is 0 Å². The number of aromatic hydroxyl groups is 1. The molecule has 5 nitrogen and oxygen atoms in total. The Hall–Kier alpha value is -2.60. The van der Waals surface area contributed by atoms with E-state index in [9.17, 15) is 9.90 Å². The molecule has 2 rings (SSSR count). The lowest BCUT2D eigenvalue weighted by molar-refractivity contribution is -0.121. The van der Waals surface area contributed by atoms with Crippen LogP contribution in [-0.2, 0) is 4.79 Å². The molecule has 0 heterocycles. The molecule has 126 valence electrons. The number of phenolic OH excluding ortho intramolecular Hbond substituents is 1. The van der Waals surface area contributed by atoms with Crippen molar-refractivity contribution in [3.05, 3.63) is 53.1 Å². The summed E-state index contributed by atoms with van der Waals surface area (Å²) in [6.07, 6.45) is 0. The van der Waals surface area contributed by atoms with Gasteiger partial charge in [-0.3, -0.25) is 10.1 Å². The van der Waals surface area contributed by atoms with Crippen LogP contribution in [0.25, 0.3) is 0 Å². The molecule has 0 saturated carbocycles. The third kappa shape index (κ3) is 4.96. The van der Waals surface area contributed by atoms with Gasteiger partial charge in [-0.05, 0) is 68.4 Å². The quantitative estimate of drug-likeness (QED) is 0.587. The van der Waals surface area contributed by atoms with E-state index in [2.05, 4.69) is 10.6 Å². The van der Waals surface area contributed by atoms with Gasteiger partial charge in [0.25, 0.3) is 5.91 Å². The summed E-state index contributed by atoms with van der Waals surface area (Å²) in [5.41, 5.74) is 3.54. The summed E-state index contributed by atoms with van der Waals surface area (Å²) in [6, 6.07) is 10.8. The Morgan fingerprint density at radius 2 is 1.75 bits per heavy atom. The van der Waals surface area contributed by atoms with Crippen LogP contribution in [0.3, 0.4) is 0 Å². The fourth-order valence-corrected chi connectivity index (χ4v) is 2.22. The van der Waals surface area contributed by atoms with Crippen molar-refractivity contribution < 1.29 is 14.6 Å². The molecule has 2 aromatic carbocycles. The molecule has 2 aromatic rings. The van der Waals surface area contributed by atoms with Gasteiger partial charge in [0, 0.05) is 0 Å². The van der Waals surface area contributed by atoms with Crippen LogP contribution in [-0.4, -0.2) is 22.7 Å². The normalized spacial score (nSPS) is 10.1. The number of phenols is 1. The molecule has 0 saturated heterocycles. The minimum Gasteiger partial charge on any atom is -0.506 e. The second kappa shape index (κ2) is 7.79. The minimum absolute atomic E-state index is 0.0746. The van der Waals surface area contributed by atoms with E-state index in [0.29, 0.717) is 11.4 Å². The van der Waals surface area contributed by atoms with Gasteiger partial charge in [0.15, 0.2) is 11.7 Å². The number of anilines is 1. The summed E-state index contributed by atoms with van der Waals surface area (Å²) in [5.74, 6) is 0.309. The number of nitrogens with one attached hydrogen (secondary N) is 2. The summed E-state index contributed by atoms with van der Waals surface area (Å²) in [7, 11) is 0. The SMILES string of the molecule is Cc1ccc(OCC(=O)NC(=S)Nc2cc(C)c(C)cc2O)cc1. The monoisotopic (exact) mass is 344 g/mol. The van der Waals surface area contributed by atoms with E-state index >= 15 is 0 Å². The largest absolute Gasteiger partial charge is 0.506 e. The fourth-order valence-electron chi connectivity index (χ4n) is 2.00. The van der Waals surface area contributed by atoms with Gasteiger partial charge in [-0.1, -0.05) is 17.7 Å². The lowest BCUT2D eigenvalue weighted by Gasteiger charge is -2.13. The number of hydrogen-bond donors (Lipinski definition) is 3. The maximum absolute atomic E-state index is 11.9. The van der Waals surface area contributed by atoms with Crippen molar-refractivity contribution in [3.63, 3.8) is 0 Å². The van der Waals surface area contributed by atoms with Gasteiger partial charge in [-0.2, -0.15) is 0 Å². The number of benzene rings is 2. The van der Waals surface area contributed by atoms with E-state index in [0.717, 1.165) is 16.7 Å². The van der Waals surface area contributed by atoms with Gasteiger partial charge in [0.2, 0.25) is 0 Å². The molecule has 24 heavy (non-hydrogen) atoms. The molecule has 3 N–H and O–H groups in total. The topological polar surface area (TPSA) is 70.6 Å². The zero-order chi connectivity index (χ0) is 17.7. The van der Waals surface area contributed by atoms with Crippen LogP contribution < -0.4 is 15.4 Å². The van der Waals surface area contributed by atoms with Crippen molar-refractivity contribution in [1.82, 2.24) is 5.32 Å². The van der Waals surface area contributed by atoms with Gasteiger partial charge in [0.1, 0.15) is 11.5 Å². The molecular formula is C18H20N2O3S. The maximum atomic E-state index is 11.9. The molecular weight excluding hydrogens is 324 g/mol. The van der Waals surface area contributed by atoms with Crippen molar-refractivity contribution >= 4 is 28.9 Å². The summed E-state index contributed by atoms with van der Waals surface area (Å²) in [5, 5.41) is 15.3. The first kappa shape index (κ1) is 17.7. The second-order valence-corrected chi connectivity index (χ2v) is 5.97. The molecule has 6 heteroatoms. The zero-order valence-corrected chi connectivity index (χ0v) is 14.7. The molecule has 1 amide bonds. The third-order valence-corrected chi connectivity index (χ3v) is 3.71. The van der Waals surface area contributed by atoms with Crippen molar-refractivity contribution in [2.24, 2.45) is 0 Å². The lowest BCUT2D eigenvalue weighted by Crippen LogP contribution is -2.37. The van der Waals surface area contributed by atoms with Crippen molar-refractivity contribution in [2.45, 2.75) is 20.8 Å². The Bertz CT molecular complexity index is 758. The average molecular weight is 344 g/mol. The Morgan fingerprint density at radius 3 is 2.42 bits per heavy atom. The van der Waals surface area contributed by atoms with Crippen LogP contribution in [0, 0.1) is 20.8 Å². The summed E-state index contributed by atoms with van der Waals surface area (Å²) in [4.78, 5) is 11.9. The molecule has 0 atom stereocenters. The first-order valence-corrected chi connectivity index (χ1v) is 7.86. The molecule has 0 bridgehead atoms. The number of hydrogen-bond acceptors (Lipinski definition) is 4. The van der Waals surface area contributed by atoms with Gasteiger partial charge in [0.05, 0.1) is 5.69 Å². The Balaban J connectivity index is 1.86. The number of amides is 1. The highest BCUT2D eigenvalue weighted by molar-refractivity contribution is 7.80. The predicted molar refractivity (Wildman–Crippen MR) is 98.6 cm³/mol. The van der Waals surface area contributed by atoms with Crippen LogP contribution >= 0.6 is 12.2 Å². The molecule has 0 spiro atoms. The third-order valence-electron chi connectivity index (χ3n) is 3.50. The van der Waals surface area contributed by atoms with E-state index in [1.165, 1.54) is 0 Å². The molecule has 0 unspecified atom stereocenters. The molecule has 0 aliphatic carbocycles. The Labute approximate surface area is 146 Å². The molecule has 0 aliphatic rings. The van der Waals surface area contributed by atoms with E-state index in [4.69, 9.17) is 17.0 Å². The van der Waals surface area contributed by atoms with Gasteiger partial charge in [-0.15, -0.1) is 0 Å². The van der Waals surface area contributed by atoms with E-state index in [1.54, 1.807) is 24.3 Å². The lowest BCUT2D eigenvalue weighted by atomic mass is 10.1. The smallest absolute Gasteiger partial charge is 0.264 e. The molecule has 0 aromatic heterocycles. The average Bonchev–Trinajstić information content (AvgIpc) is 2.52. The first-order valence-electron chi connectivity index (χ1n) is 7.45. The minimum atomic E-state index is -0.378. The van der Waals surface area contributed by atoms with Gasteiger partial charge in [-0.25, -0.2) is 0 Å². The van der Waals surface area contributed by atoms with Gasteiger partial charge < -0.3 is 15.2 Å². The van der Waals surface area contributed by atoms with Crippen LogP contribution in [0.1, 0.15) is 16.7 Å². The highest BCUT2D eigenvalue weighted by Crippen LogP contribution is 2.26. The molecule has 0 fully saturated rings. The number of thiocarbonyl (C=S) groups is 1. The molecule has 0 aliphatic heterocycles. The Morgan fingerprint density at radius 1 is 1.12 bits per heavy atom. The number of ether oxygens (including phenoxy) is 1. The number of carbonyl (C=O) groups is 1. The number of aryl methyl sites for hydroxylation is 3. The standard InChI is InChI=1S/C18H20N2O3S/c1-11-4-6-14(7-5-11)23-10-17(22)20-18(24)19-15-8-12(2)13(3)9-16(15)21/h4-9,21H,10H2,1-3H3,(H2,19,20,22,24). The Kier molecular flexibility index (Phi) is 5.76. The predicted octanol–water partition coefficient (Wildman–Crippen LogP) is 3.21. The van der Waals surface area contributed by atoms with Crippen molar-refractivity contribution in [3.8, 4) is 11.5 Å². The van der Waals surface area contributed by atoms with Crippen LogP contribution in [0.4, 0.5) is 5.69 Å². The van der Waals surface area contributed by atoms with E-state index < -0.39 is 0 Å². The van der Waals surface area contributed by atoms with Gasteiger partial charge >= 0.3 is 0 Å². The summed E-state index contributed by atoms with van der Waals surface area (Å²) >= 11 is 5.09. The zero-order valence-electron chi connectivity index (χ0n) is 13.8. The van der Waals surface area contributed by atoms with Crippen LogP contribution in [0.15, 0.2) is 36.4 Å². The number of carbonyl (C=O) groups excluding carboxylic acids is 1. The summed E-state index contributed by atoms with van der Waals surface area (Å²) in [6.45, 7) is 5.66. The first-order chi connectivity index (χ1) is 11.3. The van der Waals surface area contributed by atoms with E-state index in [1.807, 2.05) is 32.9 Å². The van der Waals surface area contributed by atoms with E-state index in [-0.39, 0.29) is 23.4 Å². The highest BCUT2D eigenvalue weighted by Gasteiger charge is 2.09.